The van der Waals surface area contributed by atoms with Crippen LogP contribution in [0.4, 0.5) is 0 Å². The van der Waals surface area contributed by atoms with Gasteiger partial charge in [0.15, 0.2) is 0 Å². The van der Waals surface area contributed by atoms with Gasteiger partial charge >= 0.3 is 5.97 Å². The Hall–Kier alpha value is -0.530. The van der Waals surface area contributed by atoms with Crippen molar-refractivity contribution in [3.8, 4) is 0 Å². The highest BCUT2D eigenvalue weighted by molar-refractivity contribution is 5.66. The fraction of sp³-hybridized carbons (Fsp3) is 0.909. The van der Waals surface area contributed by atoms with Crippen LogP contribution in [-0.2, 0) is 9.53 Å². The molecule has 0 spiro atoms. The van der Waals surface area contributed by atoms with E-state index in [0.717, 1.165) is 11.8 Å². The first-order valence-corrected chi connectivity index (χ1v) is 5.34. The fourth-order valence-electron chi connectivity index (χ4n) is 3.22. The van der Waals surface area contributed by atoms with Gasteiger partial charge in [0.25, 0.3) is 0 Å². The molecule has 4 atom stereocenters. The third-order valence-corrected chi connectivity index (χ3v) is 3.75. The second-order valence-electron chi connectivity index (χ2n) is 4.65. The van der Waals surface area contributed by atoms with Crippen molar-refractivity contribution >= 4 is 5.97 Å². The Balaban J connectivity index is 1.91. The Kier molecular flexibility index (Phi) is 2.31. The molecule has 0 saturated heterocycles. The molecule has 0 aromatic carbocycles. The van der Waals surface area contributed by atoms with E-state index < -0.39 is 0 Å². The minimum absolute atomic E-state index is 0.129. The molecule has 0 radical (unpaired) electrons. The smallest absolute Gasteiger partial charge is 0.302 e. The van der Waals surface area contributed by atoms with E-state index in [4.69, 9.17) is 4.74 Å². The minimum atomic E-state index is -0.129. The lowest BCUT2D eigenvalue weighted by atomic mass is 9.85. The summed E-state index contributed by atoms with van der Waals surface area (Å²) in [6.45, 7) is 3.55. The van der Waals surface area contributed by atoms with E-state index >= 15 is 0 Å². The molecule has 0 aromatic rings. The topological polar surface area (TPSA) is 26.3 Å². The van der Waals surface area contributed by atoms with E-state index in [2.05, 4.69) is 0 Å². The van der Waals surface area contributed by atoms with Crippen LogP contribution in [0.3, 0.4) is 0 Å². The molecule has 74 valence electrons. The van der Waals surface area contributed by atoms with E-state index in [-0.39, 0.29) is 12.1 Å². The SMILES string of the molecule is CC(=O)OC(C)C1CC2CCC1C2. The van der Waals surface area contributed by atoms with Gasteiger partial charge in [-0.2, -0.15) is 0 Å². The molecule has 2 nitrogen and oxygen atoms in total. The summed E-state index contributed by atoms with van der Waals surface area (Å²) in [7, 11) is 0. The highest BCUT2D eigenvalue weighted by Crippen LogP contribution is 2.49. The summed E-state index contributed by atoms with van der Waals surface area (Å²) < 4.78 is 5.25. The Labute approximate surface area is 79.7 Å². The second kappa shape index (κ2) is 3.32. The second-order valence-corrected chi connectivity index (χ2v) is 4.65. The van der Waals surface area contributed by atoms with E-state index in [1.807, 2.05) is 6.92 Å². The normalized spacial score (nSPS) is 39.1. The van der Waals surface area contributed by atoms with Crippen LogP contribution in [0.25, 0.3) is 0 Å². The van der Waals surface area contributed by atoms with Crippen molar-refractivity contribution in [2.24, 2.45) is 17.8 Å². The van der Waals surface area contributed by atoms with Gasteiger partial charge in [0, 0.05) is 6.92 Å². The number of carbonyl (C=O) groups is 1. The molecule has 2 rings (SSSR count). The maximum Gasteiger partial charge on any atom is 0.302 e. The highest BCUT2D eigenvalue weighted by Gasteiger charge is 2.42. The molecule has 0 aliphatic heterocycles. The largest absolute Gasteiger partial charge is 0.463 e. The van der Waals surface area contributed by atoms with Crippen LogP contribution in [0, 0.1) is 17.8 Å². The summed E-state index contributed by atoms with van der Waals surface area (Å²) in [5.74, 6) is 2.31. The number of ether oxygens (including phenoxy) is 1. The zero-order valence-corrected chi connectivity index (χ0v) is 8.45. The fourth-order valence-corrected chi connectivity index (χ4v) is 3.22. The van der Waals surface area contributed by atoms with Crippen LogP contribution in [-0.4, -0.2) is 12.1 Å². The van der Waals surface area contributed by atoms with Crippen molar-refractivity contribution < 1.29 is 9.53 Å². The zero-order chi connectivity index (χ0) is 9.42. The van der Waals surface area contributed by atoms with Crippen molar-refractivity contribution in [3.05, 3.63) is 0 Å². The molecule has 2 heteroatoms. The molecular weight excluding hydrogens is 164 g/mol. The molecule has 2 bridgehead atoms. The van der Waals surface area contributed by atoms with Crippen LogP contribution in [0.1, 0.15) is 39.5 Å². The van der Waals surface area contributed by atoms with Crippen molar-refractivity contribution in [2.45, 2.75) is 45.6 Å². The molecule has 0 N–H and O–H groups in total. The van der Waals surface area contributed by atoms with Crippen molar-refractivity contribution in [2.75, 3.05) is 0 Å². The standard InChI is InChI=1S/C11H18O2/c1-7(13-8(2)12)11-6-9-3-4-10(11)5-9/h7,9-11H,3-6H2,1-2H3. The quantitative estimate of drug-likeness (QED) is 0.613. The van der Waals surface area contributed by atoms with Crippen LogP contribution in [0.15, 0.2) is 0 Å². The lowest BCUT2D eigenvalue weighted by Gasteiger charge is -2.27. The molecule has 4 unspecified atom stereocenters. The molecule has 0 aromatic heterocycles. The Bertz CT molecular complexity index is 212. The van der Waals surface area contributed by atoms with Gasteiger partial charge < -0.3 is 4.74 Å². The predicted molar refractivity (Wildman–Crippen MR) is 50.2 cm³/mol. The lowest BCUT2D eigenvalue weighted by Crippen LogP contribution is -2.27. The van der Waals surface area contributed by atoms with Gasteiger partial charge in [-0.3, -0.25) is 4.79 Å². The van der Waals surface area contributed by atoms with Crippen LogP contribution in [0.5, 0.6) is 0 Å². The van der Waals surface area contributed by atoms with Crippen LogP contribution >= 0.6 is 0 Å². The number of hydrogen-bond donors (Lipinski definition) is 0. The van der Waals surface area contributed by atoms with Gasteiger partial charge in [0.1, 0.15) is 6.10 Å². The first-order chi connectivity index (χ1) is 6.16. The summed E-state index contributed by atoms with van der Waals surface area (Å²) in [5, 5.41) is 0. The van der Waals surface area contributed by atoms with Gasteiger partial charge in [0.2, 0.25) is 0 Å². The van der Waals surface area contributed by atoms with E-state index in [1.165, 1.54) is 32.6 Å². The average Bonchev–Trinajstić information content (AvgIpc) is 2.62. The van der Waals surface area contributed by atoms with Crippen molar-refractivity contribution in [3.63, 3.8) is 0 Å². The Morgan fingerprint density at radius 2 is 2.15 bits per heavy atom. The Morgan fingerprint density at radius 1 is 1.38 bits per heavy atom. The Morgan fingerprint density at radius 3 is 2.62 bits per heavy atom. The summed E-state index contributed by atoms with van der Waals surface area (Å²) in [4.78, 5) is 10.8. The average molecular weight is 182 g/mol. The molecule has 2 saturated carbocycles. The molecule has 0 heterocycles. The number of rotatable bonds is 2. The van der Waals surface area contributed by atoms with E-state index in [0.29, 0.717) is 5.92 Å². The van der Waals surface area contributed by atoms with Gasteiger partial charge in [-0.25, -0.2) is 0 Å². The van der Waals surface area contributed by atoms with E-state index in [1.54, 1.807) is 0 Å². The monoisotopic (exact) mass is 182 g/mol. The molecule has 2 aliphatic rings. The number of carbonyl (C=O) groups excluding carboxylic acids is 1. The van der Waals surface area contributed by atoms with Crippen LogP contribution in [0.2, 0.25) is 0 Å². The summed E-state index contributed by atoms with van der Waals surface area (Å²) >= 11 is 0. The predicted octanol–water partition coefficient (Wildman–Crippen LogP) is 2.37. The van der Waals surface area contributed by atoms with Crippen molar-refractivity contribution in [1.82, 2.24) is 0 Å². The van der Waals surface area contributed by atoms with Gasteiger partial charge in [-0.15, -0.1) is 0 Å². The molecule has 13 heavy (non-hydrogen) atoms. The first-order valence-electron chi connectivity index (χ1n) is 5.34. The van der Waals surface area contributed by atoms with Crippen molar-refractivity contribution in [1.29, 1.82) is 0 Å². The third-order valence-electron chi connectivity index (χ3n) is 3.75. The lowest BCUT2D eigenvalue weighted by molar-refractivity contribution is -0.148. The van der Waals surface area contributed by atoms with E-state index in [9.17, 15) is 4.79 Å². The summed E-state index contributed by atoms with van der Waals surface area (Å²) in [6.07, 6.45) is 5.59. The zero-order valence-electron chi connectivity index (χ0n) is 8.45. The number of fused-ring (bicyclic) bond motifs is 2. The molecule has 0 amide bonds. The molecular formula is C11H18O2. The van der Waals surface area contributed by atoms with Gasteiger partial charge in [0.05, 0.1) is 0 Å². The molecule has 2 aliphatic carbocycles. The first kappa shape index (κ1) is 9.04. The maximum absolute atomic E-state index is 10.8. The molecule has 2 fully saturated rings. The van der Waals surface area contributed by atoms with Gasteiger partial charge in [-0.1, -0.05) is 6.42 Å². The third kappa shape index (κ3) is 1.72. The summed E-state index contributed by atoms with van der Waals surface area (Å²) in [5.41, 5.74) is 0. The number of hydrogen-bond acceptors (Lipinski definition) is 2. The highest BCUT2D eigenvalue weighted by atomic mass is 16.5. The minimum Gasteiger partial charge on any atom is -0.463 e. The van der Waals surface area contributed by atoms with Crippen LogP contribution < -0.4 is 0 Å². The van der Waals surface area contributed by atoms with Gasteiger partial charge in [-0.05, 0) is 43.9 Å². The summed E-state index contributed by atoms with van der Waals surface area (Å²) in [6, 6.07) is 0. The maximum atomic E-state index is 10.8. The number of esters is 1.